The van der Waals surface area contributed by atoms with Gasteiger partial charge in [0, 0.05) is 37.7 Å². The van der Waals surface area contributed by atoms with E-state index in [0.29, 0.717) is 47.6 Å². The van der Waals surface area contributed by atoms with Crippen molar-refractivity contribution in [3.05, 3.63) is 41.0 Å². The standard InChI is InChI=1S/C19H20ClN5O2/c1-24-17-12(11-25(19(24)27)16-5-3-2-4-15(16)20)10-21-18(23-17)22-13-6-8-14(26)9-7-13/h2-5,10,13H,6-9,11H2,1H3,(H,21,22,23). The molecule has 0 spiro atoms. The Morgan fingerprint density at radius 1 is 1.19 bits per heavy atom. The lowest BCUT2D eigenvalue weighted by molar-refractivity contribution is -0.120. The number of halogens is 1. The van der Waals surface area contributed by atoms with Crippen LogP contribution in [-0.4, -0.2) is 34.9 Å². The van der Waals surface area contributed by atoms with E-state index in [1.807, 2.05) is 18.2 Å². The second-order valence-corrected chi connectivity index (χ2v) is 7.29. The van der Waals surface area contributed by atoms with E-state index < -0.39 is 0 Å². The number of hydrogen-bond acceptors (Lipinski definition) is 5. The Kier molecular flexibility index (Phi) is 4.70. The van der Waals surface area contributed by atoms with E-state index in [1.165, 1.54) is 4.90 Å². The summed E-state index contributed by atoms with van der Waals surface area (Å²) in [6.07, 6.45) is 4.50. The predicted molar refractivity (Wildman–Crippen MR) is 104 cm³/mol. The first-order valence-electron chi connectivity index (χ1n) is 8.97. The molecule has 140 valence electrons. The molecule has 2 aliphatic rings. The minimum absolute atomic E-state index is 0.185. The average molecular weight is 386 g/mol. The molecule has 1 N–H and O–H groups in total. The number of benzene rings is 1. The van der Waals surface area contributed by atoms with Gasteiger partial charge in [0.1, 0.15) is 11.6 Å². The van der Waals surface area contributed by atoms with E-state index in [-0.39, 0.29) is 12.1 Å². The summed E-state index contributed by atoms with van der Waals surface area (Å²) in [5, 5.41) is 3.81. The molecule has 1 aromatic heterocycles. The highest BCUT2D eigenvalue weighted by Gasteiger charge is 2.31. The molecule has 8 heteroatoms. The van der Waals surface area contributed by atoms with Crippen LogP contribution in [0.4, 0.5) is 22.2 Å². The number of aromatic nitrogens is 2. The van der Waals surface area contributed by atoms with Gasteiger partial charge in [-0.1, -0.05) is 23.7 Å². The van der Waals surface area contributed by atoms with Crippen molar-refractivity contribution >= 4 is 40.9 Å². The van der Waals surface area contributed by atoms with Crippen molar-refractivity contribution in [1.29, 1.82) is 0 Å². The first kappa shape index (κ1) is 17.7. The van der Waals surface area contributed by atoms with E-state index in [2.05, 4.69) is 15.3 Å². The van der Waals surface area contributed by atoms with Gasteiger partial charge in [-0.2, -0.15) is 4.98 Å². The number of Topliss-reactive ketones (excluding diaryl/α,β-unsaturated/α-hetero) is 1. The second-order valence-electron chi connectivity index (χ2n) is 6.88. The molecule has 7 nitrogen and oxygen atoms in total. The van der Waals surface area contributed by atoms with Crippen LogP contribution >= 0.6 is 11.6 Å². The third kappa shape index (κ3) is 3.47. The molecule has 1 fully saturated rings. The molecule has 1 aliphatic carbocycles. The summed E-state index contributed by atoms with van der Waals surface area (Å²) in [4.78, 5) is 36.3. The molecular formula is C19H20ClN5O2. The molecule has 0 saturated heterocycles. The second kappa shape index (κ2) is 7.15. The Morgan fingerprint density at radius 3 is 2.67 bits per heavy atom. The molecule has 4 rings (SSSR count). The maximum Gasteiger partial charge on any atom is 0.330 e. The number of hydrogen-bond donors (Lipinski definition) is 1. The Hall–Kier alpha value is -2.67. The lowest BCUT2D eigenvalue weighted by Crippen LogP contribution is -2.46. The highest BCUT2D eigenvalue weighted by atomic mass is 35.5. The van der Waals surface area contributed by atoms with Gasteiger partial charge >= 0.3 is 6.03 Å². The van der Waals surface area contributed by atoms with Crippen molar-refractivity contribution in [3.63, 3.8) is 0 Å². The van der Waals surface area contributed by atoms with Crippen LogP contribution in [0.15, 0.2) is 30.5 Å². The summed E-state index contributed by atoms with van der Waals surface area (Å²) in [5.74, 6) is 1.39. The minimum atomic E-state index is -0.191. The van der Waals surface area contributed by atoms with Crippen LogP contribution < -0.4 is 15.1 Å². The number of carbonyl (C=O) groups is 2. The first-order valence-corrected chi connectivity index (χ1v) is 9.34. The molecule has 2 aromatic rings. The summed E-state index contributed by atoms with van der Waals surface area (Å²) in [5.41, 5.74) is 1.51. The smallest absolute Gasteiger partial charge is 0.330 e. The summed E-state index contributed by atoms with van der Waals surface area (Å²) in [6.45, 7) is 0.362. The summed E-state index contributed by atoms with van der Waals surface area (Å²) in [7, 11) is 1.69. The van der Waals surface area contributed by atoms with Gasteiger partial charge in [-0.3, -0.25) is 14.6 Å². The van der Waals surface area contributed by atoms with Gasteiger partial charge in [-0.05, 0) is 25.0 Å². The van der Waals surface area contributed by atoms with E-state index in [4.69, 9.17) is 11.6 Å². The lowest BCUT2D eigenvalue weighted by atomic mass is 9.94. The largest absolute Gasteiger partial charge is 0.351 e. The Bertz CT molecular complexity index is 893. The molecule has 1 aliphatic heterocycles. The number of amides is 2. The fourth-order valence-corrected chi connectivity index (χ4v) is 3.74. The molecule has 27 heavy (non-hydrogen) atoms. The van der Waals surface area contributed by atoms with Gasteiger partial charge in [-0.25, -0.2) is 9.78 Å². The third-order valence-corrected chi connectivity index (χ3v) is 5.35. The van der Waals surface area contributed by atoms with Gasteiger partial charge in [0.25, 0.3) is 0 Å². The number of ketones is 1. The van der Waals surface area contributed by atoms with Crippen LogP contribution in [0, 0.1) is 0 Å². The van der Waals surface area contributed by atoms with Crippen molar-refractivity contribution in [2.75, 3.05) is 22.2 Å². The summed E-state index contributed by atoms with van der Waals surface area (Å²) >= 11 is 6.26. The number of urea groups is 1. The molecule has 2 amide bonds. The number of fused-ring (bicyclic) bond motifs is 1. The van der Waals surface area contributed by atoms with Crippen LogP contribution in [0.25, 0.3) is 0 Å². The number of rotatable bonds is 3. The zero-order valence-corrected chi connectivity index (χ0v) is 15.7. The monoisotopic (exact) mass is 385 g/mol. The molecule has 0 unspecified atom stereocenters. The van der Waals surface area contributed by atoms with Crippen LogP contribution in [0.2, 0.25) is 5.02 Å². The van der Waals surface area contributed by atoms with Crippen molar-refractivity contribution in [1.82, 2.24) is 9.97 Å². The topological polar surface area (TPSA) is 78.4 Å². The lowest BCUT2D eigenvalue weighted by Gasteiger charge is -2.34. The number of para-hydroxylation sites is 1. The van der Waals surface area contributed by atoms with Crippen molar-refractivity contribution < 1.29 is 9.59 Å². The quantitative estimate of drug-likeness (QED) is 0.872. The van der Waals surface area contributed by atoms with Gasteiger partial charge in [-0.15, -0.1) is 0 Å². The van der Waals surface area contributed by atoms with Crippen LogP contribution in [0.3, 0.4) is 0 Å². The van der Waals surface area contributed by atoms with Gasteiger partial charge < -0.3 is 5.32 Å². The summed E-state index contributed by atoms with van der Waals surface area (Å²) < 4.78 is 0. The maximum absolute atomic E-state index is 12.9. The Morgan fingerprint density at radius 2 is 1.93 bits per heavy atom. The fraction of sp³-hybridized carbons (Fsp3) is 0.368. The molecule has 2 heterocycles. The number of nitrogens with one attached hydrogen (secondary N) is 1. The van der Waals surface area contributed by atoms with E-state index in [0.717, 1.165) is 18.4 Å². The normalized spacial score (nSPS) is 17.9. The minimum Gasteiger partial charge on any atom is -0.351 e. The Balaban J connectivity index is 1.57. The van der Waals surface area contributed by atoms with Crippen LogP contribution in [-0.2, 0) is 11.3 Å². The van der Waals surface area contributed by atoms with E-state index in [1.54, 1.807) is 24.2 Å². The highest BCUT2D eigenvalue weighted by molar-refractivity contribution is 6.34. The highest BCUT2D eigenvalue weighted by Crippen LogP contribution is 2.33. The number of anilines is 3. The average Bonchev–Trinajstić information content (AvgIpc) is 2.67. The van der Waals surface area contributed by atoms with Crippen molar-refractivity contribution in [2.45, 2.75) is 38.3 Å². The van der Waals surface area contributed by atoms with Gasteiger partial charge in [0.15, 0.2) is 0 Å². The molecule has 1 saturated carbocycles. The first-order chi connectivity index (χ1) is 13.0. The van der Waals surface area contributed by atoms with E-state index >= 15 is 0 Å². The third-order valence-electron chi connectivity index (χ3n) is 5.03. The molecule has 0 radical (unpaired) electrons. The number of nitrogens with zero attached hydrogens (tertiary/aromatic N) is 4. The summed E-state index contributed by atoms with van der Waals surface area (Å²) in [6, 6.07) is 7.26. The van der Waals surface area contributed by atoms with Crippen molar-refractivity contribution in [3.8, 4) is 0 Å². The van der Waals surface area contributed by atoms with Crippen LogP contribution in [0.5, 0.6) is 0 Å². The molecule has 0 atom stereocenters. The maximum atomic E-state index is 12.9. The predicted octanol–water partition coefficient (Wildman–Crippen LogP) is 3.63. The molecular weight excluding hydrogens is 366 g/mol. The van der Waals surface area contributed by atoms with Gasteiger partial charge in [0.2, 0.25) is 5.95 Å². The van der Waals surface area contributed by atoms with Crippen molar-refractivity contribution in [2.24, 2.45) is 0 Å². The zero-order chi connectivity index (χ0) is 19.0. The fourth-order valence-electron chi connectivity index (χ4n) is 3.50. The number of carbonyl (C=O) groups excluding carboxylic acids is 2. The zero-order valence-electron chi connectivity index (χ0n) is 15.0. The molecule has 1 aromatic carbocycles. The van der Waals surface area contributed by atoms with Crippen LogP contribution in [0.1, 0.15) is 31.2 Å². The SMILES string of the molecule is CN1C(=O)N(c2ccccc2Cl)Cc2cnc(NC3CCC(=O)CC3)nc21. The van der Waals surface area contributed by atoms with E-state index in [9.17, 15) is 9.59 Å². The van der Waals surface area contributed by atoms with Gasteiger partial charge in [0.05, 0.1) is 17.3 Å². The molecule has 0 bridgehead atoms. The Labute approximate surface area is 162 Å².